The number of aliphatic hydroxyl groups is 1. The molecular weight excluding hydrogens is 192 g/mol. The summed E-state index contributed by atoms with van der Waals surface area (Å²) >= 11 is 0. The molecule has 0 saturated heterocycles. The highest BCUT2D eigenvalue weighted by Gasteiger charge is 2.19. The second-order valence-corrected chi connectivity index (χ2v) is 3.98. The molecule has 0 fully saturated rings. The summed E-state index contributed by atoms with van der Waals surface area (Å²) in [6, 6.07) is 5.54. The Morgan fingerprint density at radius 1 is 1.47 bits per heavy atom. The van der Waals surface area contributed by atoms with E-state index in [-0.39, 0.29) is 5.91 Å². The summed E-state index contributed by atoms with van der Waals surface area (Å²) in [5.41, 5.74) is 2.63. The molecule has 1 heterocycles. The zero-order chi connectivity index (χ0) is 11.0. The van der Waals surface area contributed by atoms with Crippen LogP contribution in [0.5, 0.6) is 0 Å². The molecule has 1 aliphatic heterocycles. The number of carbonyl (C=O) groups is 1. The van der Waals surface area contributed by atoms with Crippen LogP contribution in [0, 0.1) is 0 Å². The van der Waals surface area contributed by atoms with E-state index < -0.39 is 6.23 Å². The molecule has 15 heavy (non-hydrogen) atoms. The number of benzene rings is 1. The largest absolute Gasteiger partial charge is 0.374 e. The minimum absolute atomic E-state index is 0.0153. The average molecular weight is 206 g/mol. The zero-order valence-corrected chi connectivity index (χ0v) is 8.82. The summed E-state index contributed by atoms with van der Waals surface area (Å²) in [6.45, 7) is 0. The number of aliphatic hydroxyl groups excluding tert-OH is 1. The van der Waals surface area contributed by atoms with Gasteiger partial charge in [0.25, 0.3) is 0 Å². The lowest BCUT2D eigenvalue weighted by atomic mass is 10.1. The lowest BCUT2D eigenvalue weighted by Crippen LogP contribution is -2.19. The molecule has 1 amide bonds. The number of hydrogen-bond acceptors (Lipinski definition) is 3. The third-order valence-corrected chi connectivity index (χ3v) is 2.54. The van der Waals surface area contributed by atoms with Crippen LogP contribution in [0.1, 0.15) is 17.4 Å². The predicted octanol–water partition coefficient (Wildman–Crippen LogP) is 0.734. The second kappa shape index (κ2) is 3.64. The van der Waals surface area contributed by atoms with Crippen LogP contribution in [0.4, 0.5) is 5.69 Å². The van der Waals surface area contributed by atoms with E-state index in [0.717, 1.165) is 16.8 Å². The van der Waals surface area contributed by atoms with Crippen LogP contribution in [-0.2, 0) is 11.2 Å². The van der Waals surface area contributed by atoms with Crippen molar-refractivity contribution in [3.63, 3.8) is 0 Å². The molecule has 1 unspecified atom stereocenters. The monoisotopic (exact) mass is 206 g/mol. The Kier molecular flexibility index (Phi) is 2.46. The van der Waals surface area contributed by atoms with E-state index in [1.165, 1.54) is 0 Å². The quantitative estimate of drug-likeness (QED) is 0.701. The summed E-state index contributed by atoms with van der Waals surface area (Å²) in [5, 5.41) is 12.6. The van der Waals surface area contributed by atoms with Gasteiger partial charge in [0, 0.05) is 5.69 Å². The van der Waals surface area contributed by atoms with E-state index >= 15 is 0 Å². The van der Waals surface area contributed by atoms with Crippen molar-refractivity contribution in [3.05, 3.63) is 29.3 Å². The molecule has 4 heteroatoms. The molecule has 0 bridgehead atoms. The van der Waals surface area contributed by atoms with Crippen LogP contribution in [0.3, 0.4) is 0 Å². The summed E-state index contributed by atoms with van der Waals surface area (Å²) < 4.78 is 0. The number of nitrogens with one attached hydrogen (secondary N) is 1. The van der Waals surface area contributed by atoms with Crippen molar-refractivity contribution < 1.29 is 9.90 Å². The van der Waals surface area contributed by atoms with Gasteiger partial charge in [0.15, 0.2) is 0 Å². The summed E-state index contributed by atoms with van der Waals surface area (Å²) in [6.07, 6.45) is -0.213. The highest BCUT2D eigenvalue weighted by molar-refractivity contribution is 5.99. The van der Waals surface area contributed by atoms with Crippen LogP contribution >= 0.6 is 0 Å². The topological polar surface area (TPSA) is 52.6 Å². The first-order valence-electron chi connectivity index (χ1n) is 4.85. The maximum absolute atomic E-state index is 11.1. The highest BCUT2D eigenvalue weighted by Crippen LogP contribution is 2.26. The van der Waals surface area contributed by atoms with E-state index in [9.17, 15) is 9.90 Å². The molecule has 1 atom stereocenters. The first kappa shape index (κ1) is 10.1. The molecule has 2 N–H and O–H groups in total. The fraction of sp³-hybridized carbons (Fsp3) is 0.364. The predicted molar refractivity (Wildman–Crippen MR) is 57.4 cm³/mol. The van der Waals surface area contributed by atoms with Gasteiger partial charge in [0.1, 0.15) is 6.23 Å². The molecule has 4 nitrogen and oxygen atoms in total. The van der Waals surface area contributed by atoms with Crippen molar-refractivity contribution in [1.29, 1.82) is 0 Å². The van der Waals surface area contributed by atoms with Crippen LogP contribution < -0.4 is 5.32 Å². The zero-order valence-electron chi connectivity index (χ0n) is 8.82. The van der Waals surface area contributed by atoms with Crippen LogP contribution in [-0.4, -0.2) is 30.0 Å². The first-order chi connectivity index (χ1) is 7.08. The van der Waals surface area contributed by atoms with Crippen molar-refractivity contribution in [2.75, 3.05) is 19.4 Å². The fourth-order valence-corrected chi connectivity index (χ4v) is 1.71. The van der Waals surface area contributed by atoms with Gasteiger partial charge in [0.05, 0.1) is 6.42 Å². The number of hydrogen-bond donors (Lipinski definition) is 2. The Labute approximate surface area is 88.5 Å². The number of amides is 1. The van der Waals surface area contributed by atoms with Crippen molar-refractivity contribution >= 4 is 11.6 Å². The maximum Gasteiger partial charge on any atom is 0.228 e. The number of carbonyl (C=O) groups excluding carboxylic acids is 1. The number of anilines is 1. The maximum atomic E-state index is 11.1. The fourth-order valence-electron chi connectivity index (χ4n) is 1.71. The minimum Gasteiger partial charge on any atom is -0.374 e. The Bertz CT molecular complexity index is 402. The van der Waals surface area contributed by atoms with Crippen molar-refractivity contribution in [2.24, 2.45) is 0 Å². The molecule has 2 rings (SSSR count). The van der Waals surface area contributed by atoms with Gasteiger partial charge in [-0.2, -0.15) is 0 Å². The molecule has 0 radical (unpaired) electrons. The van der Waals surface area contributed by atoms with E-state index in [2.05, 4.69) is 5.32 Å². The van der Waals surface area contributed by atoms with Gasteiger partial charge in [-0.15, -0.1) is 0 Å². The average Bonchev–Trinajstić information content (AvgIpc) is 2.55. The molecular formula is C11H14N2O2. The third-order valence-electron chi connectivity index (χ3n) is 2.54. The molecule has 1 aromatic rings. The normalized spacial score (nSPS) is 16.4. The van der Waals surface area contributed by atoms with Gasteiger partial charge in [-0.1, -0.05) is 6.07 Å². The van der Waals surface area contributed by atoms with Gasteiger partial charge in [-0.25, -0.2) is 0 Å². The Morgan fingerprint density at radius 3 is 2.87 bits per heavy atom. The molecule has 80 valence electrons. The molecule has 0 aliphatic carbocycles. The summed E-state index contributed by atoms with van der Waals surface area (Å²) in [7, 11) is 3.61. The standard InChI is InChI=1S/C11H14N2O2/c1-13(2)11(15)7-3-4-9-8(5-7)6-10(14)12-9/h3-5,11,15H,6H2,1-2H3,(H,12,14). The SMILES string of the molecule is CN(C)C(O)c1ccc2c(c1)CC(=O)N2. The van der Waals surface area contributed by atoms with Gasteiger partial charge in [-0.3, -0.25) is 9.69 Å². The second-order valence-electron chi connectivity index (χ2n) is 3.98. The van der Waals surface area contributed by atoms with Crippen molar-refractivity contribution in [2.45, 2.75) is 12.6 Å². The molecule has 1 aromatic carbocycles. The highest BCUT2D eigenvalue weighted by atomic mass is 16.3. The summed E-state index contributed by atoms with van der Waals surface area (Å²) in [5.74, 6) is 0.0153. The van der Waals surface area contributed by atoms with Crippen molar-refractivity contribution in [1.82, 2.24) is 4.90 Å². The van der Waals surface area contributed by atoms with Crippen LogP contribution in [0.15, 0.2) is 18.2 Å². The lowest BCUT2D eigenvalue weighted by molar-refractivity contribution is -0.115. The number of nitrogens with zero attached hydrogens (tertiary/aromatic N) is 1. The van der Waals surface area contributed by atoms with Crippen LogP contribution in [0.2, 0.25) is 0 Å². The first-order valence-corrected chi connectivity index (χ1v) is 4.85. The van der Waals surface area contributed by atoms with E-state index in [1.807, 2.05) is 18.2 Å². The smallest absolute Gasteiger partial charge is 0.228 e. The van der Waals surface area contributed by atoms with Crippen LogP contribution in [0.25, 0.3) is 0 Å². The number of fused-ring (bicyclic) bond motifs is 1. The third kappa shape index (κ3) is 1.86. The van der Waals surface area contributed by atoms with Gasteiger partial charge < -0.3 is 10.4 Å². The van der Waals surface area contributed by atoms with Crippen molar-refractivity contribution in [3.8, 4) is 0 Å². The lowest BCUT2D eigenvalue weighted by Gasteiger charge is -2.19. The Hall–Kier alpha value is -1.39. The van der Waals surface area contributed by atoms with Gasteiger partial charge in [0.2, 0.25) is 5.91 Å². The van der Waals surface area contributed by atoms with E-state index in [4.69, 9.17) is 0 Å². The van der Waals surface area contributed by atoms with E-state index in [0.29, 0.717) is 6.42 Å². The Balaban J connectivity index is 2.31. The van der Waals surface area contributed by atoms with E-state index in [1.54, 1.807) is 19.0 Å². The number of rotatable bonds is 2. The molecule has 0 spiro atoms. The van der Waals surface area contributed by atoms with Gasteiger partial charge >= 0.3 is 0 Å². The summed E-state index contributed by atoms with van der Waals surface area (Å²) in [4.78, 5) is 12.8. The molecule has 0 saturated carbocycles. The Morgan fingerprint density at radius 2 is 2.20 bits per heavy atom. The van der Waals surface area contributed by atoms with Gasteiger partial charge in [-0.05, 0) is 37.4 Å². The molecule has 0 aromatic heterocycles. The minimum atomic E-state index is -0.619. The molecule has 1 aliphatic rings.